The van der Waals surface area contributed by atoms with E-state index < -0.39 is 17.9 Å². The van der Waals surface area contributed by atoms with Crippen LogP contribution in [0.5, 0.6) is 0 Å². The molecule has 2 aromatic heterocycles. The number of H-pyrrole nitrogens is 1. The molecule has 0 saturated carbocycles. The van der Waals surface area contributed by atoms with E-state index in [9.17, 15) is 19.5 Å². The molecule has 128 valence electrons. The topological polar surface area (TPSA) is 130 Å². The predicted octanol–water partition coefficient (Wildman–Crippen LogP) is 0.637. The number of aromatic nitrogens is 4. The van der Waals surface area contributed by atoms with Crippen LogP contribution in [0.3, 0.4) is 0 Å². The second-order valence-corrected chi connectivity index (χ2v) is 5.34. The molecule has 9 heteroatoms. The van der Waals surface area contributed by atoms with Gasteiger partial charge in [0, 0.05) is 6.07 Å². The molecular weight excluding hydrogens is 314 g/mol. The summed E-state index contributed by atoms with van der Waals surface area (Å²) in [7, 11) is 0. The molecule has 1 amide bonds. The third-order valence-corrected chi connectivity index (χ3v) is 3.59. The van der Waals surface area contributed by atoms with Gasteiger partial charge in [-0.05, 0) is 19.4 Å². The molecule has 24 heavy (non-hydrogen) atoms. The molecule has 3 N–H and O–H groups in total. The SMILES string of the molecule is CCCC[C@H](NC(=O)c1cnn(-c2ccc(=O)[nH]n2)c1C)C(=O)O. The smallest absolute Gasteiger partial charge is 0.326 e. The van der Waals surface area contributed by atoms with Crippen molar-refractivity contribution in [2.24, 2.45) is 0 Å². The van der Waals surface area contributed by atoms with Crippen molar-refractivity contribution in [3.05, 3.63) is 39.9 Å². The fourth-order valence-electron chi connectivity index (χ4n) is 2.22. The van der Waals surface area contributed by atoms with Crippen LogP contribution in [-0.2, 0) is 4.79 Å². The number of nitrogens with zero attached hydrogens (tertiary/aromatic N) is 3. The first-order valence-electron chi connectivity index (χ1n) is 7.58. The largest absolute Gasteiger partial charge is 0.480 e. The molecule has 0 radical (unpaired) electrons. The van der Waals surface area contributed by atoms with E-state index in [0.29, 0.717) is 24.4 Å². The fourth-order valence-corrected chi connectivity index (χ4v) is 2.22. The van der Waals surface area contributed by atoms with Crippen molar-refractivity contribution < 1.29 is 14.7 Å². The third-order valence-electron chi connectivity index (χ3n) is 3.59. The van der Waals surface area contributed by atoms with Crippen molar-refractivity contribution >= 4 is 11.9 Å². The number of rotatable bonds is 7. The highest BCUT2D eigenvalue weighted by Gasteiger charge is 2.23. The molecule has 0 fully saturated rings. The number of nitrogens with one attached hydrogen (secondary N) is 2. The van der Waals surface area contributed by atoms with Crippen molar-refractivity contribution in [2.45, 2.75) is 39.2 Å². The van der Waals surface area contributed by atoms with Crippen LogP contribution in [0.4, 0.5) is 0 Å². The second-order valence-electron chi connectivity index (χ2n) is 5.34. The van der Waals surface area contributed by atoms with Gasteiger partial charge in [0.15, 0.2) is 5.82 Å². The number of aromatic amines is 1. The van der Waals surface area contributed by atoms with Crippen molar-refractivity contribution in [1.82, 2.24) is 25.3 Å². The summed E-state index contributed by atoms with van der Waals surface area (Å²) in [5, 5.41) is 21.9. The van der Waals surface area contributed by atoms with Gasteiger partial charge in [0.2, 0.25) is 0 Å². The summed E-state index contributed by atoms with van der Waals surface area (Å²) in [6.07, 6.45) is 3.26. The van der Waals surface area contributed by atoms with Crippen molar-refractivity contribution in [3.63, 3.8) is 0 Å². The fraction of sp³-hybridized carbons (Fsp3) is 0.400. The van der Waals surface area contributed by atoms with E-state index in [1.807, 2.05) is 6.92 Å². The zero-order valence-corrected chi connectivity index (χ0v) is 13.4. The van der Waals surface area contributed by atoms with Crippen LogP contribution in [0.15, 0.2) is 23.1 Å². The summed E-state index contributed by atoms with van der Waals surface area (Å²) >= 11 is 0. The number of carboxylic acids is 1. The summed E-state index contributed by atoms with van der Waals surface area (Å²) in [5.41, 5.74) is 0.402. The Balaban J connectivity index is 2.20. The molecule has 9 nitrogen and oxygen atoms in total. The Bertz CT molecular complexity index is 775. The van der Waals surface area contributed by atoms with E-state index in [1.54, 1.807) is 6.92 Å². The van der Waals surface area contributed by atoms with Crippen molar-refractivity contribution in [3.8, 4) is 5.82 Å². The van der Waals surface area contributed by atoms with Crippen molar-refractivity contribution in [1.29, 1.82) is 0 Å². The highest BCUT2D eigenvalue weighted by molar-refractivity contribution is 5.97. The van der Waals surface area contributed by atoms with Crippen LogP contribution in [0, 0.1) is 6.92 Å². The second kappa shape index (κ2) is 7.53. The zero-order chi connectivity index (χ0) is 17.7. The first-order valence-corrected chi connectivity index (χ1v) is 7.58. The van der Waals surface area contributed by atoms with Gasteiger partial charge in [0.25, 0.3) is 11.5 Å². The molecule has 0 bridgehead atoms. The number of amides is 1. The van der Waals surface area contributed by atoms with Gasteiger partial charge in [-0.25, -0.2) is 14.6 Å². The first-order chi connectivity index (χ1) is 11.4. The first kappa shape index (κ1) is 17.4. The van der Waals surface area contributed by atoms with Gasteiger partial charge in [-0.15, -0.1) is 0 Å². The van der Waals surface area contributed by atoms with Gasteiger partial charge < -0.3 is 10.4 Å². The molecule has 2 rings (SSSR count). The molecule has 0 aliphatic heterocycles. The number of hydrogen-bond acceptors (Lipinski definition) is 5. The molecule has 0 unspecified atom stereocenters. The molecule has 0 aromatic carbocycles. The van der Waals surface area contributed by atoms with E-state index in [2.05, 4.69) is 20.6 Å². The van der Waals surface area contributed by atoms with Crippen LogP contribution >= 0.6 is 0 Å². The lowest BCUT2D eigenvalue weighted by molar-refractivity contribution is -0.139. The molecule has 0 spiro atoms. The van der Waals surface area contributed by atoms with E-state index in [0.717, 1.165) is 6.42 Å². The average molecular weight is 333 g/mol. The minimum Gasteiger partial charge on any atom is -0.480 e. The standard InChI is InChI=1S/C15H19N5O4/c1-3-4-5-11(15(23)24)17-14(22)10-8-16-20(9(10)2)12-6-7-13(21)19-18-12/h6-8,11H,3-5H2,1-2H3,(H,17,22)(H,19,21)(H,23,24)/t11-/m0/s1. The Morgan fingerprint density at radius 1 is 1.42 bits per heavy atom. The lowest BCUT2D eigenvalue weighted by Gasteiger charge is -2.13. The van der Waals surface area contributed by atoms with E-state index in [4.69, 9.17) is 0 Å². The summed E-state index contributed by atoms with van der Waals surface area (Å²) < 4.78 is 1.40. The van der Waals surface area contributed by atoms with Gasteiger partial charge in [0.05, 0.1) is 17.5 Å². The number of carboxylic acid groups (broad SMARTS) is 1. The molecule has 2 heterocycles. The summed E-state index contributed by atoms with van der Waals surface area (Å²) in [6.45, 7) is 3.61. The molecule has 0 aliphatic rings. The van der Waals surface area contributed by atoms with Gasteiger partial charge >= 0.3 is 5.97 Å². The third kappa shape index (κ3) is 3.86. The maximum absolute atomic E-state index is 12.3. The van der Waals surface area contributed by atoms with Crippen LogP contribution in [0.25, 0.3) is 5.82 Å². The monoisotopic (exact) mass is 333 g/mol. The molecule has 2 aromatic rings. The van der Waals surface area contributed by atoms with Crippen LogP contribution in [0.2, 0.25) is 0 Å². The highest BCUT2D eigenvalue weighted by Crippen LogP contribution is 2.12. The van der Waals surface area contributed by atoms with Gasteiger partial charge in [0.1, 0.15) is 6.04 Å². The number of unbranched alkanes of at least 4 members (excludes halogenated alkanes) is 1. The minimum atomic E-state index is -1.07. The number of hydrogen-bond donors (Lipinski definition) is 3. The minimum absolute atomic E-state index is 0.255. The number of carbonyl (C=O) groups is 2. The predicted molar refractivity (Wildman–Crippen MR) is 85.1 cm³/mol. The maximum atomic E-state index is 12.3. The Morgan fingerprint density at radius 2 is 2.17 bits per heavy atom. The number of carbonyl (C=O) groups excluding carboxylic acids is 1. The quantitative estimate of drug-likeness (QED) is 0.681. The van der Waals surface area contributed by atoms with Crippen molar-refractivity contribution in [2.75, 3.05) is 0 Å². The van der Waals surface area contributed by atoms with E-state index in [1.165, 1.54) is 23.0 Å². The summed E-state index contributed by atoms with van der Waals surface area (Å²) in [5.74, 6) is -1.22. The van der Waals surface area contributed by atoms with Crippen LogP contribution in [0.1, 0.15) is 42.2 Å². The zero-order valence-electron chi connectivity index (χ0n) is 13.4. The Labute approximate surface area is 137 Å². The number of aliphatic carboxylic acids is 1. The Kier molecular flexibility index (Phi) is 5.46. The average Bonchev–Trinajstić information content (AvgIpc) is 2.93. The summed E-state index contributed by atoms with van der Waals surface area (Å²) in [6, 6.07) is 1.84. The van der Waals surface area contributed by atoms with Crippen LogP contribution in [-0.4, -0.2) is 43.0 Å². The highest BCUT2D eigenvalue weighted by atomic mass is 16.4. The molecule has 0 saturated heterocycles. The van der Waals surface area contributed by atoms with Gasteiger partial charge in [-0.2, -0.15) is 10.2 Å². The molecule has 0 aliphatic carbocycles. The van der Waals surface area contributed by atoms with Gasteiger partial charge in [-0.1, -0.05) is 19.8 Å². The normalized spacial score (nSPS) is 11.9. The van der Waals surface area contributed by atoms with Crippen LogP contribution < -0.4 is 10.9 Å². The van der Waals surface area contributed by atoms with E-state index in [-0.39, 0.29) is 11.1 Å². The van der Waals surface area contributed by atoms with E-state index >= 15 is 0 Å². The maximum Gasteiger partial charge on any atom is 0.326 e. The Morgan fingerprint density at radius 3 is 2.75 bits per heavy atom. The molecular formula is C15H19N5O4. The Hall–Kier alpha value is -2.97. The lowest BCUT2D eigenvalue weighted by atomic mass is 10.1. The molecule has 1 atom stereocenters. The lowest BCUT2D eigenvalue weighted by Crippen LogP contribution is -2.40. The van der Waals surface area contributed by atoms with Gasteiger partial charge in [-0.3, -0.25) is 9.59 Å². The summed E-state index contributed by atoms with van der Waals surface area (Å²) in [4.78, 5) is 34.6.